The number of nitrogens with one attached hydrogen (secondary N) is 2. The first-order valence-corrected chi connectivity index (χ1v) is 10.2. The first kappa shape index (κ1) is 23.6. The molecule has 0 atom stereocenters. The molecule has 0 fully saturated rings. The SMILES string of the molecule is O=C(NN=Cc1ccc(-c2ccc([N+](=O)[O-])cc2)o1)NN=Cc1ccc(-c2ccc([N+](=O)[O-])cc2)o1. The fraction of sp³-hybridized carbons (Fsp3) is 0. The molecule has 0 aliphatic carbocycles. The predicted octanol–water partition coefficient (Wildman–Crippen LogP) is 4.69. The molecule has 0 bridgehead atoms. The molecule has 13 nitrogen and oxygen atoms in total. The van der Waals surface area contributed by atoms with Crippen molar-refractivity contribution in [2.45, 2.75) is 0 Å². The van der Waals surface area contributed by atoms with Crippen molar-refractivity contribution in [3.8, 4) is 22.6 Å². The molecule has 4 rings (SSSR count). The van der Waals surface area contributed by atoms with Crippen molar-refractivity contribution in [3.05, 3.63) is 105 Å². The molecule has 2 heterocycles. The second-order valence-corrected chi connectivity index (χ2v) is 7.08. The first-order valence-electron chi connectivity index (χ1n) is 10.2. The number of nitro groups is 2. The number of nitrogens with zero attached hydrogens (tertiary/aromatic N) is 4. The summed E-state index contributed by atoms with van der Waals surface area (Å²) in [6.45, 7) is 0. The Morgan fingerprint density at radius 1 is 0.667 bits per heavy atom. The highest BCUT2D eigenvalue weighted by molar-refractivity contribution is 5.82. The molecular weight excluding hydrogens is 472 g/mol. The summed E-state index contributed by atoms with van der Waals surface area (Å²) < 4.78 is 11.2. The number of hydrogen-bond donors (Lipinski definition) is 2. The zero-order valence-corrected chi connectivity index (χ0v) is 18.2. The van der Waals surface area contributed by atoms with Crippen LogP contribution in [-0.4, -0.2) is 28.3 Å². The summed E-state index contributed by atoms with van der Waals surface area (Å²) >= 11 is 0. The summed E-state index contributed by atoms with van der Waals surface area (Å²) in [7, 11) is 0. The van der Waals surface area contributed by atoms with E-state index in [1.54, 1.807) is 48.5 Å². The third-order valence-electron chi connectivity index (χ3n) is 4.69. The molecule has 2 N–H and O–H groups in total. The molecule has 0 saturated heterocycles. The van der Waals surface area contributed by atoms with E-state index in [2.05, 4.69) is 21.1 Å². The van der Waals surface area contributed by atoms with E-state index in [4.69, 9.17) is 8.83 Å². The van der Waals surface area contributed by atoms with Crippen LogP contribution in [0.4, 0.5) is 16.2 Å². The van der Waals surface area contributed by atoms with Crippen molar-refractivity contribution >= 4 is 29.8 Å². The number of carbonyl (C=O) groups excluding carboxylic acids is 1. The van der Waals surface area contributed by atoms with Crippen molar-refractivity contribution < 1.29 is 23.5 Å². The van der Waals surface area contributed by atoms with Crippen LogP contribution >= 0.6 is 0 Å². The van der Waals surface area contributed by atoms with Crippen LogP contribution in [0.2, 0.25) is 0 Å². The van der Waals surface area contributed by atoms with Crippen LogP contribution < -0.4 is 10.9 Å². The van der Waals surface area contributed by atoms with Gasteiger partial charge < -0.3 is 8.83 Å². The lowest BCUT2D eigenvalue weighted by molar-refractivity contribution is -0.385. The van der Waals surface area contributed by atoms with Crippen LogP contribution in [0.15, 0.2) is 91.8 Å². The number of amides is 2. The predicted molar refractivity (Wildman–Crippen MR) is 128 cm³/mol. The number of carbonyl (C=O) groups is 1. The van der Waals surface area contributed by atoms with Gasteiger partial charge in [0.05, 0.1) is 22.3 Å². The summed E-state index contributed by atoms with van der Waals surface area (Å²) in [5.41, 5.74) is 5.68. The fourth-order valence-electron chi connectivity index (χ4n) is 2.98. The molecule has 0 aliphatic rings. The Hall–Kier alpha value is -5.59. The number of rotatable bonds is 8. The first-order chi connectivity index (χ1) is 17.4. The number of urea groups is 1. The minimum Gasteiger partial charge on any atom is -0.455 e. The summed E-state index contributed by atoms with van der Waals surface area (Å²) in [4.78, 5) is 32.3. The minimum atomic E-state index is -0.716. The van der Waals surface area contributed by atoms with Crippen molar-refractivity contribution in [2.24, 2.45) is 10.2 Å². The Morgan fingerprint density at radius 3 is 1.42 bits per heavy atom. The van der Waals surface area contributed by atoms with Gasteiger partial charge in [-0.2, -0.15) is 10.2 Å². The number of furan rings is 2. The molecule has 0 spiro atoms. The van der Waals surface area contributed by atoms with Gasteiger partial charge in [0.2, 0.25) is 0 Å². The van der Waals surface area contributed by atoms with Gasteiger partial charge in [-0.1, -0.05) is 0 Å². The van der Waals surface area contributed by atoms with Crippen LogP contribution in [0.3, 0.4) is 0 Å². The molecule has 2 aromatic heterocycles. The zero-order chi connectivity index (χ0) is 25.5. The Bertz CT molecular complexity index is 1340. The molecule has 0 radical (unpaired) electrons. The molecule has 180 valence electrons. The monoisotopic (exact) mass is 488 g/mol. The summed E-state index contributed by atoms with van der Waals surface area (Å²) in [6.07, 6.45) is 2.56. The molecule has 13 heteroatoms. The van der Waals surface area contributed by atoms with Gasteiger partial charge in [-0.25, -0.2) is 15.6 Å². The van der Waals surface area contributed by atoms with Crippen molar-refractivity contribution in [2.75, 3.05) is 0 Å². The molecule has 0 saturated carbocycles. The lowest BCUT2D eigenvalue weighted by Crippen LogP contribution is -2.28. The average Bonchev–Trinajstić information content (AvgIpc) is 3.54. The van der Waals surface area contributed by atoms with E-state index in [0.717, 1.165) is 0 Å². The van der Waals surface area contributed by atoms with E-state index in [1.165, 1.54) is 36.7 Å². The number of hydrogen-bond acceptors (Lipinski definition) is 9. The zero-order valence-electron chi connectivity index (χ0n) is 18.2. The maximum atomic E-state index is 11.8. The highest BCUT2D eigenvalue weighted by Gasteiger charge is 2.09. The Morgan fingerprint density at radius 2 is 1.06 bits per heavy atom. The maximum Gasteiger partial charge on any atom is 0.355 e. The topological polar surface area (TPSA) is 178 Å². The van der Waals surface area contributed by atoms with Crippen molar-refractivity contribution in [1.82, 2.24) is 10.9 Å². The van der Waals surface area contributed by atoms with Gasteiger partial charge >= 0.3 is 6.03 Å². The number of nitro benzene ring substituents is 2. The quantitative estimate of drug-likeness (QED) is 0.205. The van der Waals surface area contributed by atoms with E-state index >= 15 is 0 Å². The van der Waals surface area contributed by atoms with Crippen LogP contribution in [0.1, 0.15) is 11.5 Å². The van der Waals surface area contributed by atoms with Crippen LogP contribution in [-0.2, 0) is 0 Å². The van der Waals surface area contributed by atoms with Crippen LogP contribution in [0, 0.1) is 20.2 Å². The molecule has 2 aromatic carbocycles. The molecule has 36 heavy (non-hydrogen) atoms. The second kappa shape index (κ2) is 10.6. The minimum absolute atomic E-state index is 0.0260. The standard InChI is InChI=1S/C23H16N6O7/c30-23(26-24-13-19-9-11-21(35-19)15-1-5-17(6-2-15)28(31)32)27-25-14-20-10-12-22(36-20)16-3-7-18(8-4-16)29(33)34/h1-14H,(H2,26,27,30). The highest BCUT2D eigenvalue weighted by Crippen LogP contribution is 2.25. The highest BCUT2D eigenvalue weighted by atomic mass is 16.6. The fourth-order valence-corrected chi connectivity index (χ4v) is 2.98. The largest absolute Gasteiger partial charge is 0.455 e. The normalized spacial score (nSPS) is 11.1. The average molecular weight is 488 g/mol. The summed E-state index contributed by atoms with van der Waals surface area (Å²) in [6, 6.07) is 17.6. The third-order valence-corrected chi connectivity index (χ3v) is 4.69. The van der Waals surface area contributed by atoms with E-state index in [0.29, 0.717) is 34.2 Å². The van der Waals surface area contributed by atoms with E-state index in [-0.39, 0.29) is 11.4 Å². The number of non-ortho nitro benzene ring substituents is 2. The van der Waals surface area contributed by atoms with Gasteiger partial charge in [0, 0.05) is 35.4 Å². The van der Waals surface area contributed by atoms with Crippen LogP contribution in [0.5, 0.6) is 0 Å². The van der Waals surface area contributed by atoms with E-state index in [9.17, 15) is 25.0 Å². The van der Waals surface area contributed by atoms with Gasteiger partial charge in [0.25, 0.3) is 11.4 Å². The van der Waals surface area contributed by atoms with Crippen LogP contribution in [0.25, 0.3) is 22.6 Å². The lowest BCUT2D eigenvalue weighted by atomic mass is 10.1. The Labute approximate surface area is 202 Å². The van der Waals surface area contributed by atoms with Gasteiger partial charge in [-0.05, 0) is 48.5 Å². The van der Waals surface area contributed by atoms with Gasteiger partial charge in [0.1, 0.15) is 23.0 Å². The Kier molecular flexibility index (Phi) is 6.91. The molecule has 2 amide bonds. The van der Waals surface area contributed by atoms with E-state index in [1.807, 2.05) is 0 Å². The lowest BCUT2D eigenvalue weighted by Gasteiger charge is -1.97. The smallest absolute Gasteiger partial charge is 0.355 e. The summed E-state index contributed by atoms with van der Waals surface area (Å²) in [5, 5.41) is 29.0. The van der Waals surface area contributed by atoms with Gasteiger partial charge in [-0.3, -0.25) is 20.2 Å². The van der Waals surface area contributed by atoms with E-state index < -0.39 is 15.9 Å². The second-order valence-electron chi connectivity index (χ2n) is 7.08. The molecule has 0 aliphatic heterocycles. The molecule has 4 aromatic rings. The van der Waals surface area contributed by atoms with Crippen molar-refractivity contribution in [3.63, 3.8) is 0 Å². The number of hydrazone groups is 2. The molecular formula is C23H16N6O7. The summed E-state index contributed by atoms with van der Waals surface area (Å²) in [5.74, 6) is 1.65. The van der Waals surface area contributed by atoms with Gasteiger partial charge in [0.15, 0.2) is 0 Å². The van der Waals surface area contributed by atoms with Gasteiger partial charge in [-0.15, -0.1) is 0 Å². The Balaban J connectivity index is 1.26. The molecule has 0 unspecified atom stereocenters. The maximum absolute atomic E-state index is 11.8. The van der Waals surface area contributed by atoms with Crippen molar-refractivity contribution in [1.29, 1.82) is 0 Å². The number of benzene rings is 2. The third kappa shape index (κ3) is 5.85.